The quantitative estimate of drug-likeness (QED) is 0.878. The summed E-state index contributed by atoms with van der Waals surface area (Å²) in [5.41, 5.74) is 2.31. The molecule has 1 heterocycles. The Kier molecular flexibility index (Phi) is 4.33. The Balaban J connectivity index is 1.65. The van der Waals surface area contributed by atoms with Gasteiger partial charge in [-0.1, -0.05) is 0 Å². The van der Waals surface area contributed by atoms with E-state index in [1.54, 1.807) is 23.0 Å². The molecule has 1 aliphatic carbocycles. The van der Waals surface area contributed by atoms with E-state index in [4.69, 9.17) is 5.11 Å². The second-order valence-corrected chi connectivity index (χ2v) is 6.01. The molecule has 1 amide bonds. The third-order valence-electron chi connectivity index (χ3n) is 4.47. The Morgan fingerprint density at radius 3 is 2.54 bits per heavy atom. The normalized spacial score (nSPS) is 19.6. The number of aromatic nitrogens is 2. The predicted octanol–water partition coefficient (Wildman–Crippen LogP) is 2.05. The topological polar surface area (TPSA) is 84.2 Å². The predicted molar refractivity (Wildman–Crippen MR) is 84.0 cm³/mol. The van der Waals surface area contributed by atoms with Crippen molar-refractivity contribution in [2.24, 2.45) is 11.8 Å². The van der Waals surface area contributed by atoms with Gasteiger partial charge >= 0.3 is 5.97 Å². The van der Waals surface area contributed by atoms with Gasteiger partial charge in [0, 0.05) is 18.3 Å². The highest BCUT2D eigenvalue weighted by Crippen LogP contribution is 2.34. The number of aliphatic carboxylic acids is 1. The molecule has 0 aliphatic heterocycles. The minimum absolute atomic E-state index is 0.234. The number of halogens is 1. The zero-order valence-electron chi connectivity index (χ0n) is 13.2. The van der Waals surface area contributed by atoms with Gasteiger partial charge in [-0.3, -0.25) is 9.59 Å². The van der Waals surface area contributed by atoms with E-state index >= 15 is 0 Å². The van der Waals surface area contributed by atoms with Crippen LogP contribution < -0.4 is 5.32 Å². The van der Waals surface area contributed by atoms with Crippen LogP contribution in [0.3, 0.4) is 0 Å². The Morgan fingerprint density at radius 2 is 1.96 bits per heavy atom. The third kappa shape index (κ3) is 3.15. The third-order valence-corrected chi connectivity index (χ3v) is 4.47. The number of carboxylic acids is 1. The Bertz CT molecular complexity index is 770. The molecule has 0 unspecified atom stereocenters. The van der Waals surface area contributed by atoms with Gasteiger partial charge in [-0.15, -0.1) is 0 Å². The molecule has 2 aromatic rings. The number of amides is 1. The number of nitrogens with zero attached hydrogens (tertiary/aromatic N) is 2. The lowest BCUT2D eigenvalue weighted by atomic mass is 9.73. The molecule has 0 spiro atoms. The van der Waals surface area contributed by atoms with Crippen molar-refractivity contribution in [1.29, 1.82) is 0 Å². The van der Waals surface area contributed by atoms with E-state index < -0.39 is 17.8 Å². The van der Waals surface area contributed by atoms with Crippen molar-refractivity contribution in [3.05, 3.63) is 47.5 Å². The molecule has 0 saturated heterocycles. The molecule has 1 saturated carbocycles. The molecule has 3 rings (SSSR count). The monoisotopic (exact) mass is 331 g/mol. The first-order valence-electron chi connectivity index (χ1n) is 7.77. The summed E-state index contributed by atoms with van der Waals surface area (Å²) < 4.78 is 14.6. The number of carboxylic acid groups (broad SMARTS) is 1. The van der Waals surface area contributed by atoms with Gasteiger partial charge in [0.2, 0.25) is 5.91 Å². The number of carbonyl (C=O) groups excluding carboxylic acids is 1. The summed E-state index contributed by atoms with van der Waals surface area (Å²) in [5, 5.41) is 16.2. The van der Waals surface area contributed by atoms with Gasteiger partial charge in [0.15, 0.2) is 0 Å². The molecule has 6 nitrogen and oxygen atoms in total. The zero-order chi connectivity index (χ0) is 17.3. The summed E-state index contributed by atoms with van der Waals surface area (Å²) in [6, 6.07) is 5.96. The van der Waals surface area contributed by atoms with Crippen LogP contribution in [0.5, 0.6) is 0 Å². The minimum atomic E-state index is -0.915. The van der Waals surface area contributed by atoms with E-state index in [0.717, 1.165) is 16.9 Å². The Hall–Kier alpha value is -2.70. The first-order valence-corrected chi connectivity index (χ1v) is 7.77. The van der Waals surface area contributed by atoms with E-state index in [-0.39, 0.29) is 18.3 Å². The van der Waals surface area contributed by atoms with Gasteiger partial charge < -0.3 is 10.4 Å². The van der Waals surface area contributed by atoms with E-state index in [0.29, 0.717) is 12.8 Å². The smallest absolute Gasteiger partial charge is 0.307 e. The van der Waals surface area contributed by atoms with Crippen LogP contribution in [0, 0.1) is 24.6 Å². The summed E-state index contributed by atoms with van der Waals surface area (Å²) in [6.07, 6.45) is 2.93. The summed E-state index contributed by atoms with van der Waals surface area (Å²) in [4.78, 5) is 23.1. The molecule has 0 radical (unpaired) electrons. The molecular weight excluding hydrogens is 313 g/mol. The molecule has 0 bridgehead atoms. The molecule has 126 valence electrons. The summed E-state index contributed by atoms with van der Waals surface area (Å²) >= 11 is 0. The fraction of sp³-hybridized carbons (Fsp3) is 0.353. The van der Waals surface area contributed by atoms with Crippen molar-refractivity contribution in [3.8, 4) is 5.69 Å². The lowest BCUT2D eigenvalue weighted by molar-refractivity contribution is -0.152. The van der Waals surface area contributed by atoms with Crippen LogP contribution in [0.25, 0.3) is 5.69 Å². The fourth-order valence-electron chi connectivity index (χ4n) is 2.82. The molecule has 24 heavy (non-hydrogen) atoms. The summed E-state index contributed by atoms with van der Waals surface area (Å²) in [6.45, 7) is 2.11. The number of benzene rings is 1. The fourth-order valence-corrected chi connectivity index (χ4v) is 2.82. The second kappa shape index (κ2) is 6.43. The first-order chi connectivity index (χ1) is 11.5. The Morgan fingerprint density at radius 1 is 1.29 bits per heavy atom. The highest BCUT2D eigenvalue weighted by Gasteiger charge is 2.41. The van der Waals surface area contributed by atoms with Gasteiger partial charge in [-0.25, -0.2) is 9.07 Å². The van der Waals surface area contributed by atoms with Gasteiger partial charge in [0.25, 0.3) is 0 Å². The zero-order valence-corrected chi connectivity index (χ0v) is 13.2. The molecule has 2 atom stereocenters. The largest absolute Gasteiger partial charge is 0.481 e. The first kappa shape index (κ1) is 16.2. The number of aryl methyl sites for hydroxylation is 1. The average molecular weight is 331 g/mol. The number of hydrogen-bond donors (Lipinski definition) is 2. The van der Waals surface area contributed by atoms with Crippen LogP contribution in [-0.2, 0) is 16.1 Å². The van der Waals surface area contributed by atoms with Crippen LogP contribution in [0.1, 0.15) is 24.1 Å². The van der Waals surface area contributed by atoms with Crippen LogP contribution in [0.15, 0.2) is 30.5 Å². The average Bonchev–Trinajstić information content (AvgIpc) is 2.85. The summed E-state index contributed by atoms with van der Waals surface area (Å²) in [5.74, 6) is -2.49. The molecular formula is C17H18FN3O3. The molecule has 2 N–H and O–H groups in total. The van der Waals surface area contributed by atoms with Crippen LogP contribution in [0.4, 0.5) is 4.39 Å². The van der Waals surface area contributed by atoms with Crippen molar-refractivity contribution in [3.63, 3.8) is 0 Å². The van der Waals surface area contributed by atoms with Crippen molar-refractivity contribution < 1.29 is 19.1 Å². The Labute approximate surface area is 138 Å². The molecule has 1 fully saturated rings. The van der Waals surface area contributed by atoms with Crippen LogP contribution >= 0.6 is 0 Å². The van der Waals surface area contributed by atoms with E-state index in [1.165, 1.54) is 12.1 Å². The second-order valence-electron chi connectivity index (χ2n) is 6.01. The lowest BCUT2D eigenvalue weighted by Crippen LogP contribution is -2.43. The number of nitrogens with one attached hydrogen (secondary N) is 1. The molecule has 1 aromatic heterocycles. The number of carbonyl (C=O) groups is 2. The van der Waals surface area contributed by atoms with E-state index in [2.05, 4.69) is 10.4 Å². The minimum Gasteiger partial charge on any atom is -0.481 e. The number of rotatable bonds is 5. The van der Waals surface area contributed by atoms with Gasteiger partial charge in [-0.05, 0) is 44.0 Å². The van der Waals surface area contributed by atoms with Gasteiger partial charge in [0.05, 0.1) is 23.2 Å². The van der Waals surface area contributed by atoms with Crippen LogP contribution in [0.2, 0.25) is 0 Å². The molecule has 1 aliphatic rings. The highest BCUT2D eigenvalue weighted by atomic mass is 19.1. The standard InChI is InChI=1S/C17H18FN3O3/c1-10-11(8-19-16(22)14-6-7-15(14)17(23)24)9-21(20-10)13-4-2-12(18)3-5-13/h2-5,9,14-15H,6-8H2,1H3,(H,19,22)(H,23,24)/t14-,15-/m1/s1. The lowest BCUT2D eigenvalue weighted by Gasteiger charge is -2.31. The van der Waals surface area contributed by atoms with Crippen molar-refractivity contribution in [2.45, 2.75) is 26.3 Å². The van der Waals surface area contributed by atoms with Crippen molar-refractivity contribution >= 4 is 11.9 Å². The highest BCUT2D eigenvalue weighted by molar-refractivity contribution is 5.86. The maximum absolute atomic E-state index is 13.0. The maximum Gasteiger partial charge on any atom is 0.307 e. The number of hydrogen-bond acceptors (Lipinski definition) is 3. The van der Waals surface area contributed by atoms with Gasteiger partial charge in [-0.2, -0.15) is 5.10 Å². The van der Waals surface area contributed by atoms with E-state index in [1.807, 2.05) is 6.92 Å². The van der Waals surface area contributed by atoms with E-state index in [9.17, 15) is 14.0 Å². The van der Waals surface area contributed by atoms with Gasteiger partial charge in [0.1, 0.15) is 5.82 Å². The van der Waals surface area contributed by atoms with Crippen molar-refractivity contribution in [2.75, 3.05) is 0 Å². The molecule has 7 heteroatoms. The van der Waals surface area contributed by atoms with Crippen LogP contribution in [-0.4, -0.2) is 26.8 Å². The maximum atomic E-state index is 13.0. The van der Waals surface area contributed by atoms with Crippen molar-refractivity contribution in [1.82, 2.24) is 15.1 Å². The molecule has 1 aromatic carbocycles. The SMILES string of the molecule is Cc1nn(-c2ccc(F)cc2)cc1CNC(=O)[C@@H]1CC[C@H]1C(=O)O. The summed E-state index contributed by atoms with van der Waals surface area (Å²) in [7, 11) is 0.